The number of benzene rings is 1. The molecule has 1 saturated heterocycles. The predicted octanol–water partition coefficient (Wildman–Crippen LogP) is 3.90. The van der Waals surface area contributed by atoms with Gasteiger partial charge in [-0.15, -0.1) is 14.8 Å². The molecule has 0 unspecified atom stereocenters. The normalized spacial score (nSPS) is 15.5. The Hall–Kier alpha value is -3.79. The first kappa shape index (κ1) is 21.7. The zero-order valence-corrected chi connectivity index (χ0v) is 20.2. The van der Waals surface area contributed by atoms with Crippen molar-refractivity contribution in [3.05, 3.63) is 53.6 Å². The van der Waals surface area contributed by atoms with Crippen LogP contribution < -0.4 is 4.74 Å². The number of hydrogen-bond acceptors (Lipinski definition) is 7. The molecular weight excluding hydrogens is 442 g/mol. The molecule has 0 atom stereocenters. The summed E-state index contributed by atoms with van der Waals surface area (Å²) < 4.78 is 7.10. The van der Waals surface area contributed by atoms with Crippen LogP contribution in [0.3, 0.4) is 0 Å². The molecular formula is C25H29N9O. The third-order valence-electron chi connectivity index (χ3n) is 7.05. The van der Waals surface area contributed by atoms with Gasteiger partial charge in [-0.2, -0.15) is 15.4 Å². The van der Waals surface area contributed by atoms with E-state index in [4.69, 9.17) is 9.84 Å². The minimum atomic E-state index is 0.317. The second kappa shape index (κ2) is 8.77. The summed E-state index contributed by atoms with van der Waals surface area (Å²) in [5.74, 6) is 1.52. The van der Waals surface area contributed by atoms with Gasteiger partial charge in [-0.1, -0.05) is 19.9 Å². The molecule has 35 heavy (non-hydrogen) atoms. The van der Waals surface area contributed by atoms with Crippen molar-refractivity contribution in [2.45, 2.75) is 45.1 Å². The maximum absolute atomic E-state index is 5.57. The number of fused-ring (bicyclic) bond motifs is 2. The van der Waals surface area contributed by atoms with Crippen molar-refractivity contribution in [2.75, 3.05) is 20.2 Å². The molecule has 1 aliphatic heterocycles. The first-order valence-corrected chi connectivity index (χ1v) is 12.1. The average Bonchev–Trinajstić information content (AvgIpc) is 3.62. The minimum Gasteiger partial charge on any atom is -0.493 e. The third-order valence-corrected chi connectivity index (χ3v) is 7.05. The molecule has 0 bridgehead atoms. The van der Waals surface area contributed by atoms with Crippen molar-refractivity contribution in [1.82, 2.24) is 45.1 Å². The van der Waals surface area contributed by atoms with E-state index in [2.05, 4.69) is 67.4 Å². The molecule has 1 fully saturated rings. The maximum atomic E-state index is 5.57. The topological polar surface area (TPSA) is 113 Å². The number of aromatic amines is 2. The molecule has 4 aromatic heterocycles. The van der Waals surface area contributed by atoms with E-state index in [1.165, 1.54) is 27.5 Å². The summed E-state index contributed by atoms with van der Waals surface area (Å²) in [7, 11) is 1.64. The van der Waals surface area contributed by atoms with Gasteiger partial charge in [0, 0.05) is 23.5 Å². The molecule has 0 radical (unpaired) electrons. The van der Waals surface area contributed by atoms with Gasteiger partial charge >= 0.3 is 0 Å². The quantitative estimate of drug-likeness (QED) is 0.386. The fraction of sp³-hybridized carbons (Fsp3) is 0.400. The van der Waals surface area contributed by atoms with E-state index in [0.717, 1.165) is 55.1 Å². The second-order valence-corrected chi connectivity index (χ2v) is 9.56. The molecule has 1 aliphatic rings. The number of piperidine rings is 1. The number of H-pyrrole nitrogens is 2. The van der Waals surface area contributed by atoms with Gasteiger partial charge in [-0.25, -0.2) is 4.98 Å². The largest absolute Gasteiger partial charge is 0.493 e. The van der Waals surface area contributed by atoms with Gasteiger partial charge in [0.15, 0.2) is 5.75 Å². The number of rotatable bonds is 6. The van der Waals surface area contributed by atoms with E-state index in [0.29, 0.717) is 23.2 Å². The van der Waals surface area contributed by atoms with Crippen molar-refractivity contribution < 1.29 is 4.74 Å². The number of aromatic nitrogens is 8. The molecule has 5 aromatic rings. The van der Waals surface area contributed by atoms with Crippen LogP contribution in [-0.4, -0.2) is 65.3 Å². The molecule has 6 rings (SSSR count). The molecule has 10 nitrogen and oxygen atoms in total. The van der Waals surface area contributed by atoms with E-state index < -0.39 is 0 Å². The molecule has 0 amide bonds. The van der Waals surface area contributed by atoms with Crippen molar-refractivity contribution >= 4 is 16.6 Å². The molecule has 0 aliphatic carbocycles. The summed E-state index contributed by atoms with van der Waals surface area (Å²) in [5, 5.41) is 21.0. The number of methoxy groups -OCH3 is 1. The highest BCUT2D eigenvalue weighted by Crippen LogP contribution is 2.38. The molecule has 5 heterocycles. The Morgan fingerprint density at radius 2 is 2.03 bits per heavy atom. The van der Waals surface area contributed by atoms with Gasteiger partial charge in [0.2, 0.25) is 5.65 Å². The van der Waals surface area contributed by atoms with Crippen LogP contribution in [0.25, 0.3) is 27.9 Å². The Kier molecular flexibility index (Phi) is 5.44. The van der Waals surface area contributed by atoms with Gasteiger partial charge in [0.25, 0.3) is 0 Å². The standard InChI is InChI=1S/C25H29N9O/c1-15(2)23-19-10-17(16-6-8-33(9-7-16)13-18-12-27-32-30-18)4-5-20(19)29-24(23)21-11-22(35-3)25-26-14-28-34(25)31-21/h4-5,10-12,14-16,29H,6-9,13H2,1-3H3,(H,27,30,32). The fourth-order valence-corrected chi connectivity index (χ4v) is 5.30. The Morgan fingerprint density at radius 3 is 2.77 bits per heavy atom. The predicted molar refractivity (Wildman–Crippen MR) is 132 cm³/mol. The van der Waals surface area contributed by atoms with E-state index in [1.54, 1.807) is 7.11 Å². The summed E-state index contributed by atoms with van der Waals surface area (Å²) in [4.78, 5) is 10.3. The smallest absolute Gasteiger partial charge is 0.218 e. The lowest BCUT2D eigenvalue weighted by Crippen LogP contribution is -2.32. The van der Waals surface area contributed by atoms with Gasteiger partial charge < -0.3 is 9.72 Å². The molecule has 1 aromatic carbocycles. The highest BCUT2D eigenvalue weighted by molar-refractivity contribution is 5.91. The Bertz CT molecular complexity index is 1460. The molecule has 0 spiro atoms. The zero-order valence-electron chi connectivity index (χ0n) is 20.2. The van der Waals surface area contributed by atoms with Crippen LogP contribution in [0.2, 0.25) is 0 Å². The number of ether oxygens (including phenoxy) is 1. The SMILES string of the molecule is COc1cc(-c2[nH]c3ccc(C4CCN(Cc5cn[nH]n5)CC4)cc3c2C(C)C)nn2ncnc12. The van der Waals surface area contributed by atoms with Gasteiger partial charge in [-0.05, 0) is 61.0 Å². The number of nitrogens with zero attached hydrogens (tertiary/aromatic N) is 7. The van der Waals surface area contributed by atoms with Gasteiger partial charge in [-0.3, -0.25) is 4.90 Å². The van der Waals surface area contributed by atoms with Crippen molar-refractivity contribution in [2.24, 2.45) is 0 Å². The van der Waals surface area contributed by atoms with Crippen molar-refractivity contribution in [1.29, 1.82) is 0 Å². The number of likely N-dealkylation sites (tertiary alicyclic amines) is 1. The van der Waals surface area contributed by atoms with Crippen LogP contribution in [0.15, 0.2) is 36.8 Å². The van der Waals surface area contributed by atoms with E-state index >= 15 is 0 Å². The summed E-state index contributed by atoms with van der Waals surface area (Å²) >= 11 is 0. The van der Waals surface area contributed by atoms with E-state index in [-0.39, 0.29) is 0 Å². The van der Waals surface area contributed by atoms with E-state index in [9.17, 15) is 0 Å². The molecule has 0 saturated carbocycles. The van der Waals surface area contributed by atoms with Gasteiger partial charge in [0.1, 0.15) is 12.0 Å². The van der Waals surface area contributed by atoms with Crippen LogP contribution in [-0.2, 0) is 6.54 Å². The van der Waals surface area contributed by atoms with Crippen LogP contribution in [0, 0.1) is 0 Å². The molecule has 180 valence electrons. The second-order valence-electron chi connectivity index (χ2n) is 9.56. The summed E-state index contributed by atoms with van der Waals surface area (Å²) in [6.45, 7) is 7.44. The summed E-state index contributed by atoms with van der Waals surface area (Å²) in [6.07, 6.45) is 5.58. The lowest BCUT2D eigenvalue weighted by atomic mass is 9.87. The summed E-state index contributed by atoms with van der Waals surface area (Å²) in [5.41, 5.74) is 7.20. The highest BCUT2D eigenvalue weighted by atomic mass is 16.5. The van der Waals surface area contributed by atoms with Crippen LogP contribution in [0.4, 0.5) is 0 Å². The lowest BCUT2D eigenvalue weighted by Gasteiger charge is -2.31. The zero-order chi connectivity index (χ0) is 23.9. The van der Waals surface area contributed by atoms with Crippen molar-refractivity contribution in [3.8, 4) is 17.1 Å². The molecule has 10 heteroatoms. The third kappa shape index (κ3) is 3.93. The van der Waals surface area contributed by atoms with Crippen LogP contribution >= 0.6 is 0 Å². The molecule has 2 N–H and O–H groups in total. The monoisotopic (exact) mass is 471 g/mol. The van der Waals surface area contributed by atoms with E-state index in [1.807, 2.05) is 12.3 Å². The summed E-state index contributed by atoms with van der Waals surface area (Å²) in [6, 6.07) is 8.81. The van der Waals surface area contributed by atoms with Gasteiger partial charge in [0.05, 0.1) is 24.7 Å². The van der Waals surface area contributed by atoms with Crippen molar-refractivity contribution in [3.63, 3.8) is 0 Å². The minimum absolute atomic E-state index is 0.317. The fourth-order valence-electron chi connectivity index (χ4n) is 5.30. The van der Waals surface area contributed by atoms with Crippen LogP contribution in [0.5, 0.6) is 5.75 Å². The Morgan fingerprint density at radius 1 is 1.17 bits per heavy atom. The Balaban J connectivity index is 1.32. The highest BCUT2D eigenvalue weighted by Gasteiger charge is 2.24. The van der Waals surface area contributed by atoms with Crippen LogP contribution in [0.1, 0.15) is 55.3 Å². The average molecular weight is 472 g/mol. The lowest BCUT2D eigenvalue weighted by molar-refractivity contribution is 0.202. The Labute approximate surface area is 202 Å². The maximum Gasteiger partial charge on any atom is 0.218 e. The number of nitrogens with one attached hydrogen (secondary N) is 2. The first-order valence-electron chi connectivity index (χ1n) is 12.1. The number of hydrogen-bond donors (Lipinski definition) is 2. The first-order chi connectivity index (χ1) is 17.1.